The van der Waals surface area contributed by atoms with Crippen LogP contribution in [0.5, 0.6) is 23.0 Å². The minimum Gasteiger partial charge on any atom is -0.508 e. The molecule has 9 heteroatoms. The number of ether oxygens (including phenoxy) is 2. The Hall–Kier alpha value is -5.05. The summed E-state index contributed by atoms with van der Waals surface area (Å²) in [7, 11) is 1.48. The number of rotatable bonds is 3. The van der Waals surface area contributed by atoms with Gasteiger partial charge < -0.3 is 28.5 Å². The van der Waals surface area contributed by atoms with Crippen molar-refractivity contribution < 1.29 is 33.3 Å². The van der Waals surface area contributed by atoms with Crippen molar-refractivity contribution in [3.05, 3.63) is 92.4 Å². The molecule has 0 saturated carbocycles. The molecule has 1 unspecified atom stereocenters. The van der Waals surface area contributed by atoms with E-state index in [2.05, 4.69) is 0 Å². The second kappa shape index (κ2) is 8.27. The predicted octanol–water partition coefficient (Wildman–Crippen LogP) is 4.43. The van der Waals surface area contributed by atoms with Crippen LogP contribution in [-0.4, -0.2) is 23.3 Å². The SMILES string of the molecule is COc1ccc2occ(C3CC(=O)Oc4cc(O)c5c(=O)cc(-c6ccc(O)cc6)oc5c43)c(=O)c2c1. The lowest BCUT2D eigenvalue weighted by Gasteiger charge is -2.25. The monoisotopic (exact) mass is 498 g/mol. The van der Waals surface area contributed by atoms with Crippen molar-refractivity contribution >= 4 is 27.9 Å². The summed E-state index contributed by atoms with van der Waals surface area (Å²) in [6.07, 6.45) is 1.06. The van der Waals surface area contributed by atoms with Gasteiger partial charge in [-0.15, -0.1) is 0 Å². The first kappa shape index (κ1) is 22.4. The van der Waals surface area contributed by atoms with Gasteiger partial charge in [-0.1, -0.05) is 0 Å². The first-order valence-corrected chi connectivity index (χ1v) is 11.3. The minimum atomic E-state index is -0.885. The van der Waals surface area contributed by atoms with Gasteiger partial charge in [-0.2, -0.15) is 0 Å². The Kier molecular flexibility index (Phi) is 5.01. The summed E-state index contributed by atoms with van der Waals surface area (Å²) >= 11 is 0. The second-order valence-corrected chi connectivity index (χ2v) is 8.65. The molecule has 0 amide bonds. The summed E-state index contributed by atoms with van der Waals surface area (Å²) in [4.78, 5) is 39.2. The molecule has 0 bridgehead atoms. The molecule has 5 aromatic rings. The number of esters is 1. The largest absolute Gasteiger partial charge is 0.508 e. The number of benzene rings is 3. The van der Waals surface area contributed by atoms with E-state index in [1.165, 1.54) is 37.6 Å². The molecule has 0 spiro atoms. The Bertz CT molecular complexity index is 1850. The molecule has 1 aliphatic rings. The third-order valence-electron chi connectivity index (χ3n) is 6.46. The fraction of sp³-hybridized carbons (Fsp3) is 0.107. The highest BCUT2D eigenvalue weighted by molar-refractivity contribution is 5.93. The zero-order chi connectivity index (χ0) is 25.8. The van der Waals surface area contributed by atoms with E-state index in [1.807, 2.05) is 0 Å². The zero-order valence-corrected chi connectivity index (χ0v) is 19.3. The fourth-order valence-electron chi connectivity index (χ4n) is 4.69. The van der Waals surface area contributed by atoms with Crippen LogP contribution in [0.2, 0.25) is 0 Å². The molecule has 3 heterocycles. The summed E-state index contributed by atoms with van der Waals surface area (Å²) < 4.78 is 22.5. The Morgan fingerprint density at radius 2 is 1.76 bits per heavy atom. The van der Waals surface area contributed by atoms with E-state index < -0.39 is 23.1 Å². The molecule has 1 aliphatic heterocycles. The Balaban J connectivity index is 1.65. The topological polar surface area (TPSA) is 136 Å². The molecular weight excluding hydrogens is 480 g/mol. The summed E-state index contributed by atoms with van der Waals surface area (Å²) in [6, 6.07) is 13.2. The zero-order valence-electron chi connectivity index (χ0n) is 19.3. The lowest BCUT2D eigenvalue weighted by Crippen LogP contribution is -2.25. The first-order chi connectivity index (χ1) is 17.8. The van der Waals surface area contributed by atoms with Crippen LogP contribution in [0, 0.1) is 0 Å². The molecule has 1 atom stereocenters. The van der Waals surface area contributed by atoms with E-state index in [-0.39, 0.29) is 56.6 Å². The second-order valence-electron chi connectivity index (χ2n) is 8.65. The standard InChI is InChI=1S/C28H18O9/c1-34-15-6-7-21-17(8-15)27(33)18(12-35-21)16-9-24(32)36-23-11-20(31)26-19(30)10-22(37-28(26)25(16)23)13-2-4-14(29)5-3-13/h2-8,10-12,16,29,31H,9H2,1H3. The van der Waals surface area contributed by atoms with E-state index in [0.717, 1.165) is 0 Å². The Morgan fingerprint density at radius 1 is 0.973 bits per heavy atom. The van der Waals surface area contributed by atoms with Crippen LogP contribution < -0.4 is 20.3 Å². The van der Waals surface area contributed by atoms with Gasteiger partial charge in [0.15, 0.2) is 10.9 Å². The Morgan fingerprint density at radius 3 is 2.51 bits per heavy atom. The number of hydrogen-bond donors (Lipinski definition) is 2. The van der Waals surface area contributed by atoms with Crippen LogP contribution in [0.15, 0.2) is 79.3 Å². The molecule has 3 aromatic carbocycles. The molecule has 6 rings (SSSR count). The van der Waals surface area contributed by atoms with Gasteiger partial charge >= 0.3 is 5.97 Å². The van der Waals surface area contributed by atoms with Crippen molar-refractivity contribution in [2.45, 2.75) is 12.3 Å². The smallest absolute Gasteiger partial charge is 0.312 e. The van der Waals surface area contributed by atoms with Gasteiger partial charge in [0.2, 0.25) is 0 Å². The summed E-state index contributed by atoms with van der Waals surface area (Å²) in [5, 5.41) is 20.4. The number of methoxy groups -OCH3 is 1. The summed E-state index contributed by atoms with van der Waals surface area (Å²) in [5.74, 6) is -1.31. The van der Waals surface area contributed by atoms with Crippen LogP contribution in [0.4, 0.5) is 0 Å². The number of phenols is 2. The lowest BCUT2D eigenvalue weighted by molar-refractivity contribution is -0.135. The van der Waals surface area contributed by atoms with Crippen LogP contribution in [0.3, 0.4) is 0 Å². The number of fused-ring (bicyclic) bond motifs is 4. The lowest BCUT2D eigenvalue weighted by atomic mass is 9.85. The molecule has 37 heavy (non-hydrogen) atoms. The van der Waals surface area contributed by atoms with Gasteiger partial charge in [0, 0.05) is 34.7 Å². The maximum absolute atomic E-state index is 13.6. The highest BCUT2D eigenvalue weighted by Crippen LogP contribution is 2.45. The van der Waals surface area contributed by atoms with Crippen molar-refractivity contribution in [2.24, 2.45) is 0 Å². The van der Waals surface area contributed by atoms with Gasteiger partial charge in [-0.25, -0.2) is 0 Å². The molecule has 0 saturated heterocycles. The molecule has 2 aromatic heterocycles. The van der Waals surface area contributed by atoms with Crippen molar-refractivity contribution in [3.8, 4) is 34.3 Å². The fourth-order valence-corrected chi connectivity index (χ4v) is 4.69. The average Bonchev–Trinajstić information content (AvgIpc) is 2.88. The quantitative estimate of drug-likeness (QED) is 0.273. The molecule has 0 fully saturated rings. The number of carbonyl (C=O) groups excluding carboxylic acids is 1. The number of hydrogen-bond acceptors (Lipinski definition) is 9. The molecule has 0 aliphatic carbocycles. The predicted molar refractivity (Wildman–Crippen MR) is 132 cm³/mol. The van der Waals surface area contributed by atoms with Gasteiger partial charge in [0.25, 0.3) is 0 Å². The van der Waals surface area contributed by atoms with Crippen LogP contribution in [0.1, 0.15) is 23.5 Å². The van der Waals surface area contributed by atoms with Gasteiger partial charge in [0.05, 0.1) is 25.2 Å². The highest BCUT2D eigenvalue weighted by Gasteiger charge is 2.35. The van der Waals surface area contributed by atoms with E-state index in [9.17, 15) is 24.6 Å². The van der Waals surface area contributed by atoms with E-state index in [1.54, 1.807) is 30.3 Å². The number of aromatic hydroxyl groups is 2. The molecular formula is C28H18O9. The van der Waals surface area contributed by atoms with Crippen molar-refractivity contribution in [1.82, 2.24) is 0 Å². The number of carbonyl (C=O) groups is 1. The molecule has 184 valence electrons. The highest BCUT2D eigenvalue weighted by atomic mass is 16.5. The van der Waals surface area contributed by atoms with Crippen LogP contribution >= 0.6 is 0 Å². The maximum Gasteiger partial charge on any atom is 0.312 e. The molecule has 9 nitrogen and oxygen atoms in total. The van der Waals surface area contributed by atoms with Gasteiger partial charge in [0.1, 0.15) is 45.3 Å². The molecule has 0 radical (unpaired) electrons. The van der Waals surface area contributed by atoms with Crippen molar-refractivity contribution in [2.75, 3.05) is 7.11 Å². The maximum atomic E-state index is 13.6. The average molecular weight is 498 g/mol. The summed E-state index contributed by atoms with van der Waals surface area (Å²) in [6.45, 7) is 0. The third kappa shape index (κ3) is 3.59. The first-order valence-electron chi connectivity index (χ1n) is 11.3. The summed E-state index contributed by atoms with van der Waals surface area (Å²) in [5.41, 5.74) is 0.316. The minimum absolute atomic E-state index is 0.0202. The molecule has 2 N–H and O–H groups in total. The Labute approximate surface area is 207 Å². The van der Waals surface area contributed by atoms with Crippen molar-refractivity contribution in [1.29, 1.82) is 0 Å². The van der Waals surface area contributed by atoms with Crippen LogP contribution in [0.25, 0.3) is 33.3 Å². The van der Waals surface area contributed by atoms with Crippen LogP contribution in [-0.2, 0) is 4.79 Å². The normalized spacial score (nSPS) is 14.9. The third-order valence-corrected chi connectivity index (χ3v) is 6.46. The van der Waals surface area contributed by atoms with Gasteiger partial charge in [-0.05, 0) is 42.5 Å². The van der Waals surface area contributed by atoms with Gasteiger partial charge in [-0.3, -0.25) is 14.4 Å². The van der Waals surface area contributed by atoms with E-state index in [4.69, 9.17) is 18.3 Å². The number of phenolic OH excluding ortho intramolecular Hbond substituents is 2. The van der Waals surface area contributed by atoms with E-state index >= 15 is 0 Å². The van der Waals surface area contributed by atoms with Crippen molar-refractivity contribution in [3.63, 3.8) is 0 Å². The van der Waals surface area contributed by atoms with E-state index in [0.29, 0.717) is 16.9 Å².